The summed E-state index contributed by atoms with van der Waals surface area (Å²) in [7, 11) is -3.64. The Morgan fingerprint density at radius 1 is 1.33 bits per heavy atom. The highest BCUT2D eigenvalue weighted by Gasteiger charge is 2.22. The molecule has 112 valence electrons. The van der Waals surface area contributed by atoms with Crippen molar-refractivity contribution in [3.63, 3.8) is 0 Å². The van der Waals surface area contributed by atoms with Gasteiger partial charge in [-0.25, -0.2) is 13.5 Å². The maximum absolute atomic E-state index is 12.0. The van der Waals surface area contributed by atoms with Gasteiger partial charge in [-0.15, -0.1) is 0 Å². The predicted molar refractivity (Wildman–Crippen MR) is 77.6 cm³/mol. The quantitative estimate of drug-likeness (QED) is 0.882. The van der Waals surface area contributed by atoms with Crippen LogP contribution in [-0.4, -0.2) is 40.6 Å². The fraction of sp³-hybridized carbons (Fsp3) is 0.429. The second-order valence-electron chi connectivity index (χ2n) is 5.43. The van der Waals surface area contributed by atoms with E-state index in [1.54, 1.807) is 0 Å². The Labute approximate surface area is 123 Å². The van der Waals surface area contributed by atoms with Crippen molar-refractivity contribution in [1.82, 2.24) is 15.2 Å². The predicted octanol–water partition coefficient (Wildman–Crippen LogP) is 1.11. The summed E-state index contributed by atoms with van der Waals surface area (Å²) in [4.78, 5) is 4.06. The zero-order valence-corrected chi connectivity index (χ0v) is 12.5. The lowest BCUT2D eigenvalue weighted by Crippen LogP contribution is -2.18. The Morgan fingerprint density at radius 3 is 2.86 bits per heavy atom. The summed E-state index contributed by atoms with van der Waals surface area (Å²) in [5.41, 5.74) is 3.44. The van der Waals surface area contributed by atoms with E-state index in [0.29, 0.717) is 5.82 Å². The molecule has 0 unspecified atom stereocenters. The van der Waals surface area contributed by atoms with Crippen LogP contribution >= 0.6 is 0 Å². The lowest BCUT2D eigenvalue weighted by Gasteiger charge is -2.02. The lowest BCUT2D eigenvalue weighted by atomic mass is 10.1. The molecule has 6 nitrogen and oxygen atoms in total. The molecule has 2 aromatic rings. The van der Waals surface area contributed by atoms with Gasteiger partial charge in [-0.1, -0.05) is 12.1 Å². The van der Waals surface area contributed by atoms with Crippen LogP contribution in [0.3, 0.4) is 0 Å². The van der Waals surface area contributed by atoms with Gasteiger partial charge in [0, 0.05) is 5.56 Å². The number of hydrogen-bond acceptors (Lipinski definition) is 5. The van der Waals surface area contributed by atoms with Crippen molar-refractivity contribution in [2.45, 2.75) is 37.4 Å². The molecule has 0 spiro atoms. The van der Waals surface area contributed by atoms with Crippen molar-refractivity contribution in [1.29, 1.82) is 0 Å². The molecular weight excluding hydrogens is 290 g/mol. The first-order chi connectivity index (χ1) is 9.95. The largest absolute Gasteiger partial charge is 0.392 e. The highest BCUT2D eigenvalue weighted by Crippen LogP contribution is 2.26. The summed E-state index contributed by atoms with van der Waals surface area (Å²) in [6.07, 6.45) is 2.35. The molecule has 1 aromatic carbocycles. The number of H-pyrrole nitrogens is 1. The van der Waals surface area contributed by atoms with Crippen LogP contribution in [-0.2, 0) is 22.7 Å². The Kier molecular flexibility index (Phi) is 3.54. The number of aliphatic hydroxyl groups is 1. The van der Waals surface area contributed by atoms with E-state index in [1.165, 1.54) is 18.1 Å². The van der Waals surface area contributed by atoms with Gasteiger partial charge in [-0.3, -0.25) is 0 Å². The molecule has 0 fully saturated rings. The minimum absolute atomic E-state index is 0.195. The van der Waals surface area contributed by atoms with E-state index in [-0.39, 0.29) is 10.9 Å². The fourth-order valence-corrected chi connectivity index (χ4v) is 3.83. The van der Waals surface area contributed by atoms with Gasteiger partial charge in [0.15, 0.2) is 5.82 Å². The highest BCUT2D eigenvalue weighted by atomic mass is 32.2. The number of nitrogens with zero attached hydrogens (tertiary/aromatic N) is 2. The number of aromatic nitrogens is 3. The number of aryl methyl sites for hydroxylation is 2. The van der Waals surface area contributed by atoms with Gasteiger partial charge in [0.1, 0.15) is 0 Å². The van der Waals surface area contributed by atoms with E-state index in [9.17, 15) is 13.5 Å². The molecule has 21 heavy (non-hydrogen) atoms. The average molecular weight is 307 g/mol. The smallest absolute Gasteiger partial charge is 0.243 e. The summed E-state index contributed by atoms with van der Waals surface area (Å²) >= 11 is 0. The molecule has 2 N–H and O–H groups in total. The standard InChI is InChI=1S/C14H17N3O3S/c1-9(18)8-21(19,20)14-15-13(16-17-14)12-6-5-10-3-2-4-11(10)7-12/h5-7,9,18H,2-4,8H2,1H3,(H,15,16,17)/t9-/m0/s1. The number of aliphatic hydroxyl groups excluding tert-OH is 1. The van der Waals surface area contributed by atoms with Crippen LogP contribution in [0.15, 0.2) is 23.4 Å². The maximum atomic E-state index is 12.0. The van der Waals surface area contributed by atoms with Gasteiger partial charge >= 0.3 is 0 Å². The summed E-state index contributed by atoms with van der Waals surface area (Å²) in [5.74, 6) is 0.0000971. The van der Waals surface area contributed by atoms with E-state index in [4.69, 9.17) is 0 Å². The molecule has 0 saturated carbocycles. The third kappa shape index (κ3) is 2.84. The van der Waals surface area contributed by atoms with Crippen molar-refractivity contribution in [3.8, 4) is 11.4 Å². The van der Waals surface area contributed by atoms with E-state index in [0.717, 1.165) is 24.8 Å². The number of fused-ring (bicyclic) bond motifs is 1. The van der Waals surface area contributed by atoms with Gasteiger partial charge in [0.05, 0.1) is 11.9 Å². The molecule has 7 heteroatoms. The molecule has 0 saturated heterocycles. The third-order valence-electron chi connectivity index (χ3n) is 3.58. The van der Waals surface area contributed by atoms with Crippen LogP contribution in [0.4, 0.5) is 0 Å². The van der Waals surface area contributed by atoms with Gasteiger partial charge in [-0.05, 0) is 43.4 Å². The normalized spacial score (nSPS) is 15.9. The monoisotopic (exact) mass is 307 g/mol. The van der Waals surface area contributed by atoms with Gasteiger partial charge in [0.25, 0.3) is 0 Å². The van der Waals surface area contributed by atoms with Crippen molar-refractivity contribution in [2.24, 2.45) is 0 Å². The third-order valence-corrected chi connectivity index (χ3v) is 5.27. The molecule has 0 bridgehead atoms. The summed E-state index contributed by atoms with van der Waals surface area (Å²) in [6.45, 7) is 1.43. The van der Waals surface area contributed by atoms with Crippen LogP contribution in [0.1, 0.15) is 24.5 Å². The molecule has 1 heterocycles. The minimum Gasteiger partial charge on any atom is -0.392 e. The molecule has 1 aliphatic carbocycles. The SMILES string of the molecule is C[C@H](O)CS(=O)(=O)c1nc(-c2ccc3c(c2)CCC3)n[nH]1. The molecule has 1 aliphatic rings. The van der Waals surface area contributed by atoms with Crippen molar-refractivity contribution >= 4 is 9.84 Å². The van der Waals surface area contributed by atoms with Gasteiger partial charge in [0.2, 0.25) is 15.0 Å². The molecule has 1 aromatic heterocycles. The first-order valence-corrected chi connectivity index (χ1v) is 8.56. The number of hydrogen-bond donors (Lipinski definition) is 2. The Balaban J connectivity index is 1.92. The Morgan fingerprint density at radius 2 is 2.10 bits per heavy atom. The highest BCUT2D eigenvalue weighted by molar-refractivity contribution is 7.91. The van der Waals surface area contributed by atoms with E-state index in [1.807, 2.05) is 12.1 Å². The molecule has 0 radical (unpaired) electrons. The molecular formula is C14H17N3O3S. The number of benzene rings is 1. The van der Waals surface area contributed by atoms with Crippen LogP contribution in [0.5, 0.6) is 0 Å². The molecule has 0 amide bonds. The summed E-state index contributed by atoms with van der Waals surface area (Å²) in [6, 6.07) is 5.99. The second-order valence-corrected chi connectivity index (χ2v) is 7.38. The lowest BCUT2D eigenvalue weighted by molar-refractivity contribution is 0.218. The number of aromatic amines is 1. The fourth-order valence-electron chi connectivity index (χ4n) is 2.62. The molecule has 1 atom stereocenters. The number of sulfone groups is 1. The van der Waals surface area contributed by atoms with Gasteiger partial charge < -0.3 is 5.11 Å². The molecule has 3 rings (SSSR count). The van der Waals surface area contributed by atoms with Gasteiger partial charge in [-0.2, -0.15) is 10.1 Å². The van der Waals surface area contributed by atoms with Crippen molar-refractivity contribution < 1.29 is 13.5 Å². The van der Waals surface area contributed by atoms with Crippen LogP contribution < -0.4 is 0 Å². The summed E-state index contributed by atoms with van der Waals surface area (Å²) in [5, 5.41) is 15.5. The van der Waals surface area contributed by atoms with Crippen LogP contribution in [0.25, 0.3) is 11.4 Å². The van der Waals surface area contributed by atoms with E-state index >= 15 is 0 Å². The van der Waals surface area contributed by atoms with Crippen LogP contribution in [0.2, 0.25) is 0 Å². The average Bonchev–Trinajstić information content (AvgIpc) is 3.06. The van der Waals surface area contributed by atoms with E-state index < -0.39 is 15.9 Å². The Hall–Kier alpha value is -1.73. The molecule has 0 aliphatic heterocycles. The maximum Gasteiger partial charge on any atom is 0.243 e. The Bertz CT molecular complexity index is 766. The van der Waals surface area contributed by atoms with Crippen molar-refractivity contribution in [3.05, 3.63) is 29.3 Å². The number of nitrogens with one attached hydrogen (secondary N) is 1. The van der Waals surface area contributed by atoms with E-state index in [2.05, 4.69) is 21.2 Å². The minimum atomic E-state index is -3.64. The topological polar surface area (TPSA) is 95.9 Å². The zero-order valence-electron chi connectivity index (χ0n) is 11.7. The van der Waals surface area contributed by atoms with Crippen LogP contribution in [0, 0.1) is 0 Å². The zero-order chi connectivity index (χ0) is 15.0. The first kappa shape index (κ1) is 14.2. The first-order valence-electron chi connectivity index (χ1n) is 6.91. The summed E-state index contributed by atoms with van der Waals surface area (Å²) < 4.78 is 24.0. The van der Waals surface area contributed by atoms with Crippen molar-refractivity contribution in [2.75, 3.05) is 5.75 Å². The number of rotatable bonds is 4. The second kappa shape index (κ2) is 5.23.